The number of hydrogen-bond acceptors (Lipinski definition) is 1. The molecule has 0 fully saturated rings. The van der Waals surface area contributed by atoms with Crippen molar-refractivity contribution < 1.29 is 16.9 Å². The highest BCUT2D eigenvalue weighted by Crippen LogP contribution is 2.09. The monoisotopic (exact) mass is 256 g/mol. The lowest BCUT2D eigenvalue weighted by molar-refractivity contribution is -0.870. The predicted octanol–water partition coefficient (Wildman–Crippen LogP) is -0.103. The lowest BCUT2D eigenvalue weighted by Gasteiger charge is -2.23. The highest BCUT2D eigenvalue weighted by atomic mass is 35.5. The Morgan fingerprint density at radius 2 is 1.82 bits per heavy atom. The van der Waals surface area contributed by atoms with Crippen molar-refractivity contribution in [2.45, 2.75) is 19.8 Å². The van der Waals surface area contributed by atoms with Gasteiger partial charge in [0.15, 0.2) is 0 Å². The average molecular weight is 257 g/mol. The molecule has 0 radical (unpaired) electrons. The second-order valence-electron chi connectivity index (χ2n) is 5.52. The molecule has 0 spiro atoms. The molecule has 0 saturated carbocycles. The molecule has 0 atom stereocenters. The van der Waals surface area contributed by atoms with Crippen molar-refractivity contribution >= 4 is 5.69 Å². The fraction of sp³-hybridized carbons (Fsp3) is 0.571. The molecular formula is C14H25ClN2. The van der Waals surface area contributed by atoms with Gasteiger partial charge in [0.25, 0.3) is 0 Å². The van der Waals surface area contributed by atoms with E-state index in [1.807, 2.05) is 0 Å². The van der Waals surface area contributed by atoms with E-state index in [4.69, 9.17) is 0 Å². The predicted molar refractivity (Wildman–Crippen MR) is 71.8 cm³/mol. The molecule has 17 heavy (non-hydrogen) atoms. The Morgan fingerprint density at radius 1 is 1.12 bits per heavy atom. The fourth-order valence-corrected chi connectivity index (χ4v) is 1.70. The number of hydrogen-bond donors (Lipinski definition) is 1. The van der Waals surface area contributed by atoms with E-state index in [-0.39, 0.29) is 12.4 Å². The molecule has 1 N–H and O–H groups in total. The van der Waals surface area contributed by atoms with Crippen LogP contribution in [0.1, 0.15) is 18.4 Å². The molecule has 0 aliphatic rings. The van der Waals surface area contributed by atoms with Crippen molar-refractivity contribution in [2.75, 3.05) is 39.5 Å². The number of anilines is 1. The molecule has 0 unspecified atom stereocenters. The molecule has 0 heterocycles. The second kappa shape index (κ2) is 7.57. The third-order valence-electron chi connectivity index (χ3n) is 2.60. The number of halogens is 1. The van der Waals surface area contributed by atoms with Crippen LogP contribution >= 0.6 is 0 Å². The van der Waals surface area contributed by atoms with Crippen LogP contribution in [-0.2, 0) is 0 Å². The first-order valence-electron chi connectivity index (χ1n) is 6.08. The van der Waals surface area contributed by atoms with Gasteiger partial charge < -0.3 is 22.2 Å². The first kappa shape index (κ1) is 16.3. The minimum absolute atomic E-state index is 0. The van der Waals surface area contributed by atoms with Crippen molar-refractivity contribution in [1.82, 2.24) is 0 Å². The van der Waals surface area contributed by atoms with Gasteiger partial charge in [0.1, 0.15) is 0 Å². The van der Waals surface area contributed by atoms with Gasteiger partial charge >= 0.3 is 0 Å². The van der Waals surface area contributed by atoms with E-state index < -0.39 is 0 Å². The van der Waals surface area contributed by atoms with Crippen LogP contribution in [0.2, 0.25) is 0 Å². The minimum atomic E-state index is 0. The van der Waals surface area contributed by atoms with Gasteiger partial charge in [-0.15, -0.1) is 0 Å². The van der Waals surface area contributed by atoms with Gasteiger partial charge in [-0.25, -0.2) is 0 Å². The van der Waals surface area contributed by atoms with E-state index in [0.29, 0.717) is 0 Å². The molecule has 2 nitrogen and oxygen atoms in total. The highest BCUT2D eigenvalue weighted by Gasteiger charge is 2.04. The van der Waals surface area contributed by atoms with Crippen molar-refractivity contribution in [3.8, 4) is 0 Å². The Hall–Kier alpha value is -0.730. The zero-order valence-corrected chi connectivity index (χ0v) is 12.2. The Morgan fingerprint density at radius 3 is 2.41 bits per heavy atom. The summed E-state index contributed by atoms with van der Waals surface area (Å²) >= 11 is 0. The topological polar surface area (TPSA) is 12.0 Å². The summed E-state index contributed by atoms with van der Waals surface area (Å²) in [5, 5.41) is 3.46. The lowest BCUT2D eigenvalue weighted by Crippen LogP contribution is -3.00. The molecular weight excluding hydrogens is 232 g/mol. The molecule has 1 rings (SSSR count). The third-order valence-corrected chi connectivity index (χ3v) is 2.60. The van der Waals surface area contributed by atoms with Gasteiger partial charge in [-0.3, -0.25) is 0 Å². The molecule has 0 amide bonds. The van der Waals surface area contributed by atoms with Gasteiger partial charge in [-0.2, -0.15) is 0 Å². The Balaban J connectivity index is 0.00000256. The van der Waals surface area contributed by atoms with Crippen LogP contribution in [0, 0.1) is 6.92 Å². The summed E-state index contributed by atoms with van der Waals surface area (Å²) in [7, 11) is 6.73. The average Bonchev–Trinajstić information content (AvgIpc) is 2.15. The Bertz CT molecular complexity index is 318. The van der Waals surface area contributed by atoms with Crippen LogP contribution < -0.4 is 17.7 Å². The van der Waals surface area contributed by atoms with Crippen LogP contribution in [0.5, 0.6) is 0 Å². The number of quaternary nitrogens is 1. The van der Waals surface area contributed by atoms with Crippen molar-refractivity contribution in [1.29, 1.82) is 0 Å². The molecule has 0 saturated heterocycles. The number of benzene rings is 1. The van der Waals surface area contributed by atoms with Crippen LogP contribution in [0.25, 0.3) is 0 Å². The van der Waals surface area contributed by atoms with E-state index in [9.17, 15) is 0 Å². The van der Waals surface area contributed by atoms with Crippen molar-refractivity contribution in [2.24, 2.45) is 0 Å². The lowest BCUT2D eigenvalue weighted by atomic mass is 10.2. The fourth-order valence-electron chi connectivity index (χ4n) is 1.70. The zero-order chi connectivity index (χ0) is 12.0. The summed E-state index contributed by atoms with van der Waals surface area (Å²) in [6.45, 7) is 4.45. The van der Waals surface area contributed by atoms with E-state index in [0.717, 1.165) is 11.0 Å². The summed E-state index contributed by atoms with van der Waals surface area (Å²) in [5.74, 6) is 0. The SMILES string of the molecule is Cc1cccc(NCCCC[N+](C)(C)C)c1.[Cl-]. The van der Waals surface area contributed by atoms with Gasteiger partial charge in [-0.05, 0) is 37.5 Å². The summed E-state index contributed by atoms with van der Waals surface area (Å²) in [6.07, 6.45) is 2.52. The van der Waals surface area contributed by atoms with Crippen molar-refractivity contribution in [3.05, 3.63) is 29.8 Å². The third kappa shape index (κ3) is 8.06. The molecule has 0 bridgehead atoms. The zero-order valence-electron chi connectivity index (χ0n) is 11.5. The van der Waals surface area contributed by atoms with Gasteiger partial charge in [0.05, 0.1) is 27.7 Å². The summed E-state index contributed by atoms with van der Waals surface area (Å²) < 4.78 is 1.06. The number of unbranched alkanes of at least 4 members (excludes halogenated alkanes) is 1. The number of nitrogens with zero attached hydrogens (tertiary/aromatic N) is 1. The number of nitrogens with one attached hydrogen (secondary N) is 1. The second-order valence-corrected chi connectivity index (χ2v) is 5.52. The normalized spacial score (nSPS) is 10.8. The Labute approximate surface area is 112 Å². The maximum absolute atomic E-state index is 3.46. The van der Waals surface area contributed by atoms with E-state index in [1.165, 1.54) is 30.6 Å². The molecule has 3 heteroatoms. The summed E-state index contributed by atoms with van der Waals surface area (Å²) in [5.41, 5.74) is 2.56. The van der Waals surface area contributed by atoms with E-state index in [2.05, 4.69) is 57.6 Å². The van der Waals surface area contributed by atoms with Crippen molar-refractivity contribution in [3.63, 3.8) is 0 Å². The maximum Gasteiger partial charge on any atom is 0.0781 e. The minimum Gasteiger partial charge on any atom is -1.00 e. The molecule has 0 aliphatic heterocycles. The smallest absolute Gasteiger partial charge is 0.0781 e. The molecule has 0 aromatic heterocycles. The largest absolute Gasteiger partial charge is 1.00 e. The molecule has 1 aromatic carbocycles. The van der Waals surface area contributed by atoms with Gasteiger partial charge in [0.2, 0.25) is 0 Å². The summed E-state index contributed by atoms with van der Waals surface area (Å²) in [4.78, 5) is 0. The van der Waals surface area contributed by atoms with Crippen LogP contribution in [0.4, 0.5) is 5.69 Å². The van der Waals surface area contributed by atoms with E-state index >= 15 is 0 Å². The van der Waals surface area contributed by atoms with Crippen LogP contribution in [-0.4, -0.2) is 38.7 Å². The standard InChI is InChI=1S/C14H25N2.ClH/c1-13-8-7-9-14(12-13)15-10-5-6-11-16(2,3)4;/h7-9,12,15H,5-6,10-11H2,1-4H3;1H/q+1;/p-1. The Kier molecular flexibility index (Phi) is 7.24. The number of aryl methyl sites for hydroxylation is 1. The van der Waals surface area contributed by atoms with Crippen LogP contribution in [0.3, 0.4) is 0 Å². The summed E-state index contributed by atoms with van der Waals surface area (Å²) in [6, 6.07) is 8.55. The first-order chi connectivity index (χ1) is 7.47. The highest BCUT2D eigenvalue weighted by molar-refractivity contribution is 5.45. The van der Waals surface area contributed by atoms with Gasteiger partial charge in [0, 0.05) is 12.2 Å². The first-order valence-corrected chi connectivity index (χ1v) is 6.08. The molecule has 1 aromatic rings. The molecule has 98 valence electrons. The quantitative estimate of drug-likeness (QED) is 0.554. The molecule has 0 aliphatic carbocycles. The number of rotatable bonds is 6. The van der Waals surface area contributed by atoms with Crippen LogP contribution in [0.15, 0.2) is 24.3 Å². The van der Waals surface area contributed by atoms with Gasteiger partial charge in [-0.1, -0.05) is 12.1 Å². The maximum atomic E-state index is 3.46. The van der Waals surface area contributed by atoms with E-state index in [1.54, 1.807) is 0 Å².